The number of halogens is 1. The van der Waals surface area contributed by atoms with Crippen LogP contribution in [0.25, 0.3) is 0 Å². The highest BCUT2D eigenvalue weighted by Crippen LogP contribution is 2.17. The maximum atomic E-state index is 8.92. The molecule has 0 saturated heterocycles. The van der Waals surface area contributed by atoms with Gasteiger partial charge in [-0.1, -0.05) is 41.4 Å². The average molecular weight is 300 g/mol. The highest BCUT2D eigenvalue weighted by atomic mass is 79.9. The third kappa shape index (κ3) is 5.19. The van der Waals surface area contributed by atoms with E-state index in [2.05, 4.69) is 53.3 Å². The maximum Gasteiger partial charge on any atom is 0.0434 e. The summed E-state index contributed by atoms with van der Waals surface area (Å²) in [5.41, 5.74) is 2.58. The molecule has 0 aliphatic carbocycles. The zero-order valence-corrected chi connectivity index (χ0v) is 12.3. The molecule has 0 heterocycles. The number of hydrogen-bond acceptors (Lipinski definition) is 2. The molecule has 0 bridgehead atoms. The number of rotatable bonds is 7. The average Bonchev–Trinajstić information content (AvgIpc) is 2.32. The Morgan fingerprint density at radius 1 is 1.41 bits per heavy atom. The van der Waals surface area contributed by atoms with Gasteiger partial charge in [0.15, 0.2) is 0 Å². The lowest BCUT2D eigenvalue weighted by Crippen LogP contribution is -2.22. The van der Waals surface area contributed by atoms with Crippen LogP contribution >= 0.6 is 15.9 Å². The van der Waals surface area contributed by atoms with Crippen molar-refractivity contribution in [2.24, 2.45) is 5.92 Å². The van der Waals surface area contributed by atoms with Crippen LogP contribution in [0.1, 0.15) is 30.9 Å². The van der Waals surface area contributed by atoms with Gasteiger partial charge in [-0.25, -0.2) is 0 Å². The van der Waals surface area contributed by atoms with Crippen LogP contribution in [0.3, 0.4) is 0 Å². The summed E-state index contributed by atoms with van der Waals surface area (Å²) in [5, 5.41) is 12.4. The lowest BCUT2D eigenvalue weighted by molar-refractivity contribution is 0.251. The van der Waals surface area contributed by atoms with E-state index >= 15 is 0 Å². The highest BCUT2D eigenvalue weighted by molar-refractivity contribution is 9.10. The summed E-state index contributed by atoms with van der Waals surface area (Å²) in [6.07, 6.45) is 2.01. The van der Waals surface area contributed by atoms with Crippen molar-refractivity contribution in [3.63, 3.8) is 0 Å². The largest absolute Gasteiger partial charge is 0.396 e. The fraction of sp³-hybridized carbons (Fsp3) is 0.571. The topological polar surface area (TPSA) is 32.3 Å². The van der Waals surface area contributed by atoms with Gasteiger partial charge in [-0.2, -0.15) is 0 Å². The fourth-order valence-corrected chi connectivity index (χ4v) is 2.12. The molecule has 0 aliphatic heterocycles. The highest BCUT2D eigenvalue weighted by Gasteiger charge is 2.05. The van der Waals surface area contributed by atoms with Gasteiger partial charge >= 0.3 is 0 Å². The van der Waals surface area contributed by atoms with Gasteiger partial charge in [0.1, 0.15) is 0 Å². The Hall–Kier alpha value is -0.380. The molecule has 1 atom stereocenters. The van der Waals surface area contributed by atoms with Gasteiger partial charge < -0.3 is 10.4 Å². The van der Waals surface area contributed by atoms with E-state index in [9.17, 15) is 0 Å². The molecule has 0 fully saturated rings. The summed E-state index contributed by atoms with van der Waals surface area (Å²) in [5.74, 6) is 0.580. The minimum atomic E-state index is 0.289. The SMILES string of the molecule is CCC(CCO)CNCc1ccc(Br)c(C)c1. The van der Waals surface area contributed by atoms with Crippen molar-refractivity contribution in [3.8, 4) is 0 Å². The van der Waals surface area contributed by atoms with Gasteiger partial charge in [0, 0.05) is 17.6 Å². The third-order valence-electron chi connectivity index (χ3n) is 3.10. The molecule has 0 spiro atoms. The van der Waals surface area contributed by atoms with Crippen LogP contribution < -0.4 is 5.32 Å². The van der Waals surface area contributed by atoms with E-state index in [-0.39, 0.29) is 6.61 Å². The molecule has 96 valence electrons. The first-order valence-corrected chi connectivity index (χ1v) is 7.03. The second kappa shape index (κ2) is 7.85. The van der Waals surface area contributed by atoms with Crippen LogP contribution in [0.5, 0.6) is 0 Å². The van der Waals surface area contributed by atoms with Crippen molar-refractivity contribution < 1.29 is 5.11 Å². The Morgan fingerprint density at radius 3 is 2.76 bits per heavy atom. The van der Waals surface area contributed by atoms with E-state index in [0.717, 1.165) is 30.4 Å². The molecule has 0 radical (unpaired) electrons. The maximum absolute atomic E-state index is 8.92. The molecular formula is C14H22BrNO. The number of aryl methyl sites for hydroxylation is 1. The van der Waals surface area contributed by atoms with E-state index in [0.29, 0.717) is 5.92 Å². The van der Waals surface area contributed by atoms with E-state index in [1.54, 1.807) is 0 Å². The van der Waals surface area contributed by atoms with Crippen LogP contribution in [0.4, 0.5) is 0 Å². The lowest BCUT2D eigenvalue weighted by atomic mass is 10.0. The van der Waals surface area contributed by atoms with Crippen molar-refractivity contribution >= 4 is 15.9 Å². The zero-order valence-electron chi connectivity index (χ0n) is 10.7. The monoisotopic (exact) mass is 299 g/mol. The van der Waals surface area contributed by atoms with Gasteiger partial charge in [-0.15, -0.1) is 0 Å². The number of nitrogens with one attached hydrogen (secondary N) is 1. The number of hydrogen-bond donors (Lipinski definition) is 2. The van der Waals surface area contributed by atoms with Crippen LogP contribution in [0.15, 0.2) is 22.7 Å². The second-order valence-electron chi connectivity index (χ2n) is 4.50. The summed E-state index contributed by atoms with van der Waals surface area (Å²) in [4.78, 5) is 0. The Morgan fingerprint density at radius 2 is 2.18 bits per heavy atom. The molecule has 1 aromatic carbocycles. The molecule has 0 aromatic heterocycles. The molecule has 0 aliphatic rings. The minimum Gasteiger partial charge on any atom is -0.396 e. The van der Waals surface area contributed by atoms with Crippen LogP contribution in [0.2, 0.25) is 0 Å². The summed E-state index contributed by atoms with van der Waals surface area (Å²) in [6, 6.07) is 6.43. The quantitative estimate of drug-likeness (QED) is 0.810. The molecule has 1 rings (SSSR count). The summed E-state index contributed by atoms with van der Waals surface area (Å²) >= 11 is 3.50. The summed E-state index contributed by atoms with van der Waals surface area (Å²) in [6.45, 7) is 6.44. The lowest BCUT2D eigenvalue weighted by Gasteiger charge is -2.14. The van der Waals surface area contributed by atoms with Crippen molar-refractivity contribution in [1.29, 1.82) is 0 Å². The van der Waals surface area contributed by atoms with Gasteiger partial charge in [0.25, 0.3) is 0 Å². The zero-order chi connectivity index (χ0) is 12.7. The Labute approximate surface area is 113 Å². The minimum absolute atomic E-state index is 0.289. The normalized spacial score (nSPS) is 12.7. The van der Waals surface area contributed by atoms with Gasteiger partial charge in [-0.3, -0.25) is 0 Å². The third-order valence-corrected chi connectivity index (χ3v) is 3.99. The first-order chi connectivity index (χ1) is 8.17. The Bertz CT molecular complexity index is 341. The molecule has 2 nitrogen and oxygen atoms in total. The van der Waals surface area contributed by atoms with Gasteiger partial charge in [0.05, 0.1) is 0 Å². The molecular weight excluding hydrogens is 278 g/mol. The van der Waals surface area contributed by atoms with Crippen molar-refractivity contribution in [2.45, 2.75) is 33.2 Å². The standard InChI is InChI=1S/C14H22BrNO/c1-3-12(6-7-17)9-16-10-13-4-5-14(15)11(2)8-13/h4-5,8,12,16-17H,3,6-7,9-10H2,1-2H3. The van der Waals surface area contributed by atoms with Crippen molar-refractivity contribution in [3.05, 3.63) is 33.8 Å². The van der Waals surface area contributed by atoms with E-state index < -0.39 is 0 Å². The van der Waals surface area contributed by atoms with E-state index in [1.807, 2.05) is 0 Å². The predicted molar refractivity (Wildman–Crippen MR) is 76.1 cm³/mol. The Balaban J connectivity index is 2.37. The van der Waals surface area contributed by atoms with Crippen molar-refractivity contribution in [1.82, 2.24) is 5.32 Å². The molecule has 0 amide bonds. The summed E-state index contributed by atoms with van der Waals surface area (Å²) < 4.78 is 1.16. The molecule has 2 N–H and O–H groups in total. The number of benzene rings is 1. The molecule has 0 saturated carbocycles. The van der Waals surface area contributed by atoms with Gasteiger partial charge in [-0.05, 0) is 43.0 Å². The molecule has 3 heteroatoms. The second-order valence-corrected chi connectivity index (χ2v) is 5.36. The molecule has 17 heavy (non-hydrogen) atoms. The number of aliphatic hydroxyl groups excluding tert-OH is 1. The first kappa shape index (κ1) is 14.7. The molecule has 1 unspecified atom stereocenters. The van der Waals surface area contributed by atoms with E-state index in [1.165, 1.54) is 11.1 Å². The smallest absolute Gasteiger partial charge is 0.0434 e. The van der Waals surface area contributed by atoms with Crippen molar-refractivity contribution in [2.75, 3.05) is 13.2 Å². The fourth-order valence-electron chi connectivity index (χ4n) is 1.87. The number of aliphatic hydroxyl groups is 1. The van der Waals surface area contributed by atoms with Crippen LogP contribution in [-0.2, 0) is 6.54 Å². The van der Waals surface area contributed by atoms with E-state index in [4.69, 9.17) is 5.11 Å². The van der Waals surface area contributed by atoms with Crippen LogP contribution in [-0.4, -0.2) is 18.3 Å². The van der Waals surface area contributed by atoms with Crippen LogP contribution in [0, 0.1) is 12.8 Å². The first-order valence-electron chi connectivity index (χ1n) is 6.24. The molecule has 1 aromatic rings. The van der Waals surface area contributed by atoms with Gasteiger partial charge in [0.2, 0.25) is 0 Å². The summed E-state index contributed by atoms with van der Waals surface area (Å²) in [7, 11) is 0. The Kier molecular flexibility index (Phi) is 6.78. The predicted octanol–water partition coefficient (Wildman–Crippen LogP) is 3.26.